The molecular weight excluding hydrogens is 315 g/mol. The highest BCUT2D eigenvalue weighted by atomic mass is 19.1. The Morgan fingerprint density at radius 1 is 1.04 bits per heavy atom. The fourth-order valence-electron chi connectivity index (χ4n) is 2.87. The molecular formula is C21H21FN2O. The summed E-state index contributed by atoms with van der Waals surface area (Å²) in [5.41, 5.74) is 3.80. The molecule has 0 unspecified atom stereocenters. The average Bonchev–Trinajstić information content (AvgIpc) is 3.02. The van der Waals surface area contributed by atoms with E-state index in [2.05, 4.69) is 17.0 Å². The van der Waals surface area contributed by atoms with Crippen LogP contribution in [0.4, 0.5) is 10.1 Å². The lowest BCUT2D eigenvalue weighted by Gasteiger charge is -2.17. The quantitative estimate of drug-likeness (QED) is 0.619. The Hall–Kier alpha value is -2.88. The van der Waals surface area contributed by atoms with E-state index in [9.17, 15) is 9.18 Å². The van der Waals surface area contributed by atoms with Crippen molar-refractivity contribution in [2.75, 3.05) is 11.9 Å². The molecule has 0 aliphatic carbocycles. The van der Waals surface area contributed by atoms with Gasteiger partial charge in [0.05, 0.1) is 11.4 Å². The molecule has 0 radical (unpaired) electrons. The third-order valence-electron chi connectivity index (χ3n) is 4.21. The number of rotatable bonds is 6. The van der Waals surface area contributed by atoms with Gasteiger partial charge in [0.2, 0.25) is 0 Å². The van der Waals surface area contributed by atoms with Crippen molar-refractivity contribution in [2.24, 2.45) is 0 Å². The molecule has 0 aliphatic rings. The van der Waals surface area contributed by atoms with Gasteiger partial charge in [-0.3, -0.25) is 4.79 Å². The molecule has 0 saturated heterocycles. The zero-order valence-corrected chi connectivity index (χ0v) is 14.4. The number of nitrogens with zero attached hydrogens (tertiary/aromatic N) is 2. The molecule has 0 amide bonds. The van der Waals surface area contributed by atoms with Crippen LogP contribution in [0.15, 0.2) is 66.9 Å². The molecule has 0 saturated carbocycles. The van der Waals surface area contributed by atoms with Crippen LogP contribution in [0.3, 0.4) is 0 Å². The fraction of sp³-hybridized carbons (Fsp3) is 0.190. The first-order chi connectivity index (χ1) is 12.0. The average molecular weight is 336 g/mol. The maximum Gasteiger partial charge on any atom is 0.176 e. The monoisotopic (exact) mass is 336 g/mol. The zero-order valence-electron chi connectivity index (χ0n) is 14.4. The Morgan fingerprint density at radius 3 is 2.36 bits per heavy atom. The highest BCUT2D eigenvalue weighted by molar-refractivity contribution is 5.93. The Labute approximate surface area is 147 Å². The minimum absolute atomic E-state index is 0.0153. The van der Waals surface area contributed by atoms with E-state index in [1.165, 1.54) is 17.7 Å². The first kappa shape index (κ1) is 17.0. The first-order valence-electron chi connectivity index (χ1n) is 8.23. The van der Waals surface area contributed by atoms with Crippen molar-refractivity contribution >= 4 is 11.5 Å². The Morgan fingerprint density at radius 2 is 1.72 bits per heavy atom. The normalized spacial score (nSPS) is 10.7. The van der Waals surface area contributed by atoms with Crippen LogP contribution in [0.25, 0.3) is 0 Å². The largest absolute Gasteiger partial charge is 0.369 e. The van der Waals surface area contributed by atoms with Gasteiger partial charge in [-0.15, -0.1) is 0 Å². The van der Waals surface area contributed by atoms with Gasteiger partial charge in [0.1, 0.15) is 5.82 Å². The van der Waals surface area contributed by atoms with Crippen LogP contribution in [0.1, 0.15) is 28.5 Å². The van der Waals surface area contributed by atoms with E-state index in [0.717, 1.165) is 17.8 Å². The van der Waals surface area contributed by atoms with Crippen LogP contribution < -0.4 is 4.90 Å². The van der Waals surface area contributed by atoms with Gasteiger partial charge in [-0.1, -0.05) is 42.5 Å². The highest BCUT2D eigenvalue weighted by Gasteiger charge is 2.13. The standard InChI is InChI=1S/C21H21FN2O/c1-16(25)21-12-20(23(2)13-17-6-4-3-5-7-17)15-24(21)14-18-8-10-19(22)11-9-18/h3-12,15H,13-14H2,1-2H3. The van der Waals surface area contributed by atoms with Gasteiger partial charge < -0.3 is 9.47 Å². The predicted octanol–water partition coefficient (Wildman–Crippen LogP) is 4.51. The summed E-state index contributed by atoms with van der Waals surface area (Å²) in [6.45, 7) is 2.87. The smallest absolute Gasteiger partial charge is 0.176 e. The van der Waals surface area contributed by atoms with Crippen molar-refractivity contribution in [3.63, 3.8) is 0 Å². The van der Waals surface area contributed by atoms with Crippen LogP contribution in [-0.4, -0.2) is 17.4 Å². The summed E-state index contributed by atoms with van der Waals surface area (Å²) in [5.74, 6) is -0.243. The molecule has 0 N–H and O–H groups in total. The maximum absolute atomic E-state index is 13.1. The number of hydrogen-bond donors (Lipinski definition) is 0. The van der Waals surface area contributed by atoms with Crippen LogP contribution in [-0.2, 0) is 13.1 Å². The van der Waals surface area contributed by atoms with Crippen molar-refractivity contribution in [3.05, 3.63) is 89.5 Å². The van der Waals surface area contributed by atoms with Crippen molar-refractivity contribution in [1.82, 2.24) is 4.57 Å². The SMILES string of the molecule is CC(=O)c1cc(N(C)Cc2ccccc2)cn1Cc1ccc(F)cc1. The lowest BCUT2D eigenvalue weighted by Crippen LogP contribution is -2.15. The number of Topliss-reactive ketones (excluding diaryl/α,β-unsaturated/α-hetero) is 1. The molecule has 0 aliphatic heterocycles. The van der Waals surface area contributed by atoms with Gasteiger partial charge >= 0.3 is 0 Å². The van der Waals surface area contributed by atoms with Gasteiger partial charge in [0.15, 0.2) is 5.78 Å². The summed E-state index contributed by atoms with van der Waals surface area (Å²) in [4.78, 5) is 14.1. The topological polar surface area (TPSA) is 25.2 Å². The number of halogens is 1. The minimum atomic E-state index is -0.258. The molecule has 2 aromatic carbocycles. The molecule has 25 heavy (non-hydrogen) atoms. The van der Waals surface area contributed by atoms with E-state index in [-0.39, 0.29) is 11.6 Å². The second-order valence-corrected chi connectivity index (χ2v) is 6.24. The van der Waals surface area contributed by atoms with Gasteiger partial charge in [0, 0.05) is 33.3 Å². The predicted molar refractivity (Wildman–Crippen MR) is 98.5 cm³/mol. The number of ketones is 1. The first-order valence-corrected chi connectivity index (χ1v) is 8.23. The minimum Gasteiger partial charge on any atom is -0.369 e. The molecule has 1 heterocycles. The summed E-state index contributed by atoms with van der Waals surface area (Å²) in [6.07, 6.45) is 1.98. The third kappa shape index (κ3) is 4.15. The van der Waals surface area contributed by atoms with E-state index in [1.54, 1.807) is 19.1 Å². The lowest BCUT2D eigenvalue weighted by atomic mass is 10.2. The van der Waals surface area contributed by atoms with Gasteiger partial charge in [-0.25, -0.2) is 4.39 Å². The van der Waals surface area contributed by atoms with Gasteiger partial charge in [0.25, 0.3) is 0 Å². The second-order valence-electron chi connectivity index (χ2n) is 6.24. The van der Waals surface area contributed by atoms with E-state index in [0.29, 0.717) is 12.2 Å². The molecule has 0 fully saturated rings. The Bertz CT molecular complexity index is 853. The van der Waals surface area contributed by atoms with Crippen LogP contribution in [0.5, 0.6) is 0 Å². The van der Waals surface area contributed by atoms with E-state index >= 15 is 0 Å². The molecule has 0 bridgehead atoms. The fourth-order valence-corrected chi connectivity index (χ4v) is 2.87. The molecule has 1 aromatic heterocycles. The summed E-state index contributed by atoms with van der Waals surface area (Å²) in [5, 5.41) is 0. The summed E-state index contributed by atoms with van der Waals surface area (Å²) >= 11 is 0. The number of aromatic nitrogens is 1. The summed E-state index contributed by atoms with van der Waals surface area (Å²) < 4.78 is 15.0. The van der Waals surface area contributed by atoms with E-state index in [1.807, 2.05) is 42.1 Å². The molecule has 3 rings (SSSR count). The van der Waals surface area contributed by atoms with Crippen LogP contribution in [0.2, 0.25) is 0 Å². The van der Waals surface area contributed by atoms with Gasteiger partial charge in [-0.05, 0) is 29.3 Å². The Kier molecular flexibility index (Phi) is 4.98. The molecule has 128 valence electrons. The number of anilines is 1. The van der Waals surface area contributed by atoms with Crippen LogP contribution in [0, 0.1) is 5.82 Å². The second kappa shape index (κ2) is 7.34. The van der Waals surface area contributed by atoms with Crippen molar-refractivity contribution in [1.29, 1.82) is 0 Å². The molecule has 3 nitrogen and oxygen atoms in total. The lowest BCUT2D eigenvalue weighted by molar-refractivity contribution is 0.100. The van der Waals surface area contributed by atoms with Crippen molar-refractivity contribution in [3.8, 4) is 0 Å². The molecule has 0 spiro atoms. The summed E-state index contributed by atoms with van der Waals surface area (Å²) in [7, 11) is 2.01. The number of carbonyl (C=O) groups excluding carboxylic acids is 1. The zero-order chi connectivity index (χ0) is 17.8. The molecule has 4 heteroatoms. The van der Waals surface area contributed by atoms with E-state index in [4.69, 9.17) is 0 Å². The number of carbonyl (C=O) groups is 1. The highest BCUT2D eigenvalue weighted by Crippen LogP contribution is 2.21. The third-order valence-corrected chi connectivity index (χ3v) is 4.21. The number of benzene rings is 2. The Balaban J connectivity index is 1.83. The maximum atomic E-state index is 13.1. The number of hydrogen-bond acceptors (Lipinski definition) is 2. The van der Waals surface area contributed by atoms with Crippen molar-refractivity contribution in [2.45, 2.75) is 20.0 Å². The van der Waals surface area contributed by atoms with E-state index < -0.39 is 0 Å². The van der Waals surface area contributed by atoms with Gasteiger partial charge in [-0.2, -0.15) is 0 Å². The molecule has 0 atom stereocenters. The van der Waals surface area contributed by atoms with Crippen LogP contribution >= 0.6 is 0 Å². The molecule has 3 aromatic rings. The van der Waals surface area contributed by atoms with Crippen molar-refractivity contribution < 1.29 is 9.18 Å². The summed E-state index contributed by atoms with van der Waals surface area (Å²) in [6, 6.07) is 18.5.